The number of amides is 1. The third kappa shape index (κ3) is 4.53. The number of aliphatic hydroxyl groups is 2. The molecule has 1 heterocycles. The van der Waals surface area contributed by atoms with Gasteiger partial charge in [-0.1, -0.05) is 0 Å². The molecule has 1 aromatic heterocycles. The van der Waals surface area contributed by atoms with Crippen LogP contribution in [0.3, 0.4) is 0 Å². The molecule has 118 valence electrons. The molecule has 0 aliphatic carbocycles. The van der Waals surface area contributed by atoms with E-state index in [1.807, 2.05) is 4.98 Å². The lowest BCUT2D eigenvalue weighted by Crippen LogP contribution is -2.33. The minimum atomic E-state index is -4.94. The normalized spacial score (nSPS) is 14.6. The van der Waals surface area contributed by atoms with Crippen LogP contribution in [-0.4, -0.2) is 38.7 Å². The molecule has 4 N–H and O–H groups in total. The van der Waals surface area contributed by atoms with E-state index in [2.05, 4.69) is 10.3 Å². The number of halogens is 3. The highest BCUT2D eigenvalue weighted by Crippen LogP contribution is 2.32. The quantitative estimate of drug-likeness (QED) is 0.596. The summed E-state index contributed by atoms with van der Waals surface area (Å²) in [6.07, 6.45) is -8.35. The first-order chi connectivity index (χ1) is 9.64. The van der Waals surface area contributed by atoms with Crippen LogP contribution in [0.15, 0.2) is 11.1 Å². The van der Waals surface area contributed by atoms with Crippen LogP contribution in [0, 0.1) is 0 Å². The summed E-state index contributed by atoms with van der Waals surface area (Å²) in [6.45, 7) is 1.16. The van der Waals surface area contributed by atoms with Gasteiger partial charge in [0.1, 0.15) is 6.10 Å². The first-order valence-corrected chi connectivity index (χ1v) is 5.90. The van der Waals surface area contributed by atoms with Crippen LogP contribution >= 0.6 is 0 Å². The zero-order valence-electron chi connectivity index (χ0n) is 10.9. The van der Waals surface area contributed by atoms with Gasteiger partial charge in [0.05, 0.1) is 18.0 Å². The van der Waals surface area contributed by atoms with Crippen LogP contribution in [-0.2, 0) is 11.0 Å². The van der Waals surface area contributed by atoms with E-state index in [1.165, 1.54) is 6.92 Å². The minimum Gasteiger partial charge on any atom is -0.390 e. The Morgan fingerprint density at radius 2 is 2.10 bits per heavy atom. The Morgan fingerprint density at radius 3 is 2.62 bits per heavy atom. The highest BCUT2D eigenvalue weighted by molar-refractivity contribution is 5.72. The predicted octanol–water partition coefficient (Wildman–Crippen LogP) is -0.291. The van der Waals surface area contributed by atoms with E-state index in [0.717, 1.165) is 0 Å². The Hall–Kier alpha value is -1.94. The fraction of sp³-hybridized carbons (Fsp3) is 0.545. The summed E-state index contributed by atoms with van der Waals surface area (Å²) in [5, 5.41) is 21.7. The van der Waals surface area contributed by atoms with Crippen molar-refractivity contribution in [1.29, 1.82) is 0 Å². The van der Waals surface area contributed by atoms with Gasteiger partial charge in [0, 0.05) is 13.5 Å². The van der Waals surface area contributed by atoms with E-state index >= 15 is 0 Å². The number of nitrogens with zero attached hydrogens (tertiary/aromatic N) is 1. The molecule has 21 heavy (non-hydrogen) atoms. The van der Waals surface area contributed by atoms with Gasteiger partial charge in [-0.2, -0.15) is 13.2 Å². The topological polar surface area (TPSA) is 115 Å². The zero-order chi connectivity index (χ0) is 16.2. The summed E-state index contributed by atoms with van der Waals surface area (Å²) in [4.78, 5) is 27.0. The maximum Gasteiger partial charge on any atom is 0.433 e. The predicted molar refractivity (Wildman–Crippen MR) is 64.1 cm³/mol. The van der Waals surface area contributed by atoms with Crippen LogP contribution in [0.5, 0.6) is 0 Å². The zero-order valence-corrected chi connectivity index (χ0v) is 10.9. The molecule has 0 aliphatic heterocycles. The van der Waals surface area contributed by atoms with Crippen LogP contribution in [0.1, 0.15) is 30.7 Å². The van der Waals surface area contributed by atoms with Gasteiger partial charge in [0.2, 0.25) is 5.91 Å². The second kappa shape index (κ2) is 6.68. The number of carbonyl (C=O) groups excluding carboxylic acids is 1. The number of hydrogen-bond acceptors (Lipinski definition) is 5. The molecule has 0 fully saturated rings. The number of nitrogens with one attached hydrogen (secondary N) is 2. The van der Waals surface area contributed by atoms with Crippen molar-refractivity contribution in [2.45, 2.75) is 31.7 Å². The van der Waals surface area contributed by atoms with Gasteiger partial charge in [-0.25, -0.2) is 4.98 Å². The van der Waals surface area contributed by atoms with Crippen LogP contribution in [0.4, 0.5) is 13.2 Å². The molecule has 0 bridgehead atoms. The van der Waals surface area contributed by atoms with Crippen molar-refractivity contribution in [1.82, 2.24) is 15.3 Å². The lowest BCUT2D eigenvalue weighted by molar-refractivity contribution is -0.143. The molecule has 1 amide bonds. The number of carbonyl (C=O) groups is 1. The van der Waals surface area contributed by atoms with Crippen molar-refractivity contribution in [3.05, 3.63) is 27.9 Å². The van der Waals surface area contributed by atoms with Gasteiger partial charge in [0.25, 0.3) is 5.56 Å². The standard InChI is InChI=1S/C11H14F3N3O4/c1-5(18)15-3-2-6(19)8(20)7-9(11(12,13)14)16-4-17-10(7)21/h4,6,8,19-20H,2-3H2,1H3,(H,15,18)(H,16,17,21). The summed E-state index contributed by atoms with van der Waals surface area (Å²) in [7, 11) is 0. The number of hydrogen-bond donors (Lipinski definition) is 4. The maximum atomic E-state index is 12.7. The molecular formula is C11H14F3N3O4. The second-order valence-electron chi connectivity index (χ2n) is 4.28. The first kappa shape index (κ1) is 17.1. The van der Waals surface area contributed by atoms with Crippen molar-refractivity contribution in [2.75, 3.05) is 6.54 Å². The molecule has 10 heteroatoms. The fourth-order valence-electron chi connectivity index (χ4n) is 1.66. The van der Waals surface area contributed by atoms with Crippen molar-refractivity contribution in [2.24, 2.45) is 0 Å². The third-order valence-electron chi connectivity index (χ3n) is 2.63. The molecule has 1 aromatic rings. The molecule has 1 rings (SSSR count). The largest absolute Gasteiger partial charge is 0.433 e. The molecule has 7 nitrogen and oxygen atoms in total. The number of aromatic amines is 1. The molecule has 0 saturated heterocycles. The van der Waals surface area contributed by atoms with Crippen molar-refractivity contribution < 1.29 is 28.2 Å². The molecule has 2 unspecified atom stereocenters. The number of rotatable bonds is 5. The highest BCUT2D eigenvalue weighted by atomic mass is 19.4. The Bertz CT molecular complexity index is 558. The summed E-state index contributed by atoms with van der Waals surface area (Å²) in [5.74, 6) is -0.396. The molecule has 0 radical (unpaired) electrons. The lowest BCUT2D eigenvalue weighted by Gasteiger charge is -2.20. The maximum absolute atomic E-state index is 12.7. The van der Waals surface area contributed by atoms with E-state index in [1.54, 1.807) is 0 Å². The van der Waals surface area contributed by atoms with E-state index in [-0.39, 0.29) is 13.0 Å². The highest BCUT2D eigenvalue weighted by Gasteiger charge is 2.39. The Morgan fingerprint density at radius 1 is 1.48 bits per heavy atom. The number of H-pyrrole nitrogens is 1. The van der Waals surface area contributed by atoms with Crippen LogP contribution < -0.4 is 10.9 Å². The van der Waals surface area contributed by atoms with E-state index in [9.17, 15) is 33.0 Å². The minimum absolute atomic E-state index is 0.0624. The number of aliphatic hydroxyl groups excluding tert-OH is 2. The Kier molecular flexibility index (Phi) is 5.44. The van der Waals surface area contributed by atoms with Gasteiger partial charge < -0.3 is 20.5 Å². The Balaban J connectivity index is 2.99. The molecule has 0 aromatic carbocycles. The van der Waals surface area contributed by atoms with Crippen molar-refractivity contribution >= 4 is 5.91 Å². The molecule has 0 aliphatic rings. The Labute approximate surface area is 116 Å². The van der Waals surface area contributed by atoms with E-state index < -0.39 is 41.1 Å². The van der Waals surface area contributed by atoms with Crippen LogP contribution in [0.25, 0.3) is 0 Å². The molecule has 0 spiro atoms. The SMILES string of the molecule is CC(=O)NCCC(O)C(O)c1c(C(F)(F)F)nc[nH]c1=O. The van der Waals surface area contributed by atoms with Gasteiger partial charge in [-0.05, 0) is 6.42 Å². The molecule has 2 atom stereocenters. The van der Waals surface area contributed by atoms with Gasteiger partial charge >= 0.3 is 6.18 Å². The summed E-state index contributed by atoms with van der Waals surface area (Å²) in [5.41, 5.74) is -3.80. The van der Waals surface area contributed by atoms with Crippen molar-refractivity contribution in [3.8, 4) is 0 Å². The van der Waals surface area contributed by atoms with Gasteiger partial charge in [-0.3, -0.25) is 9.59 Å². The number of alkyl halides is 3. The lowest BCUT2D eigenvalue weighted by atomic mass is 10.0. The molecular weight excluding hydrogens is 295 g/mol. The third-order valence-corrected chi connectivity index (χ3v) is 2.63. The summed E-state index contributed by atoms with van der Waals surface area (Å²) < 4.78 is 38.2. The van der Waals surface area contributed by atoms with Gasteiger partial charge in [-0.15, -0.1) is 0 Å². The fourth-order valence-corrected chi connectivity index (χ4v) is 1.66. The monoisotopic (exact) mass is 309 g/mol. The molecule has 0 saturated carbocycles. The van der Waals surface area contributed by atoms with E-state index in [0.29, 0.717) is 6.33 Å². The second-order valence-corrected chi connectivity index (χ2v) is 4.28. The van der Waals surface area contributed by atoms with Gasteiger partial charge in [0.15, 0.2) is 5.69 Å². The smallest absolute Gasteiger partial charge is 0.390 e. The average Bonchev–Trinajstić information content (AvgIpc) is 2.36. The summed E-state index contributed by atoms with van der Waals surface area (Å²) in [6, 6.07) is 0. The van der Waals surface area contributed by atoms with E-state index in [4.69, 9.17) is 0 Å². The number of aromatic nitrogens is 2. The van der Waals surface area contributed by atoms with Crippen LogP contribution in [0.2, 0.25) is 0 Å². The first-order valence-electron chi connectivity index (χ1n) is 5.90. The average molecular weight is 309 g/mol. The summed E-state index contributed by atoms with van der Waals surface area (Å²) >= 11 is 0. The van der Waals surface area contributed by atoms with Crippen molar-refractivity contribution in [3.63, 3.8) is 0 Å².